The van der Waals surface area contributed by atoms with Crippen molar-refractivity contribution in [2.24, 2.45) is 5.10 Å². The van der Waals surface area contributed by atoms with Crippen LogP contribution in [0.4, 0.5) is 4.39 Å². The number of hydrazone groups is 1. The van der Waals surface area contributed by atoms with E-state index in [1.165, 1.54) is 12.1 Å². The fourth-order valence-corrected chi connectivity index (χ4v) is 1.84. The van der Waals surface area contributed by atoms with Crippen LogP contribution in [0.1, 0.15) is 34.0 Å². The second-order valence-corrected chi connectivity index (χ2v) is 4.94. The number of hydrogen-bond acceptors (Lipinski definition) is 2. The molecule has 108 valence electrons. The summed E-state index contributed by atoms with van der Waals surface area (Å²) in [5, 5.41) is 4.05. The largest absolute Gasteiger partial charge is 0.271 e. The van der Waals surface area contributed by atoms with Crippen LogP contribution < -0.4 is 5.43 Å². The third-order valence-electron chi connectivity index (χ3n) is 3.36. The average molecular weight is 284 g/mol. The van der Waals surface area contributed by atoms with Crippen LogP contribution >= 0.6 is 0 Å². The molecule has 0 aromatic heterocycles. The number of halogens is 1. The molecule has 0 fully saturated rings. The number of amides is 1. The molecule has 2 rings (SSSR count). The van der Waals surface area contributed by atoms with E-state index in [0.29, 0.717) is 11.3 Å². The Hall–Kier alpha value is -2.49. The zero-order valence-electron chi connectivity index (χ0n) is 12.3. The summed E-state index contributed by atoms with van der Waals surface area (Å²) >= 11 is 0. The molecule has 4 heteroatoms. The van der Waals surface area contributed by atoms with Crippen LogP contribution in [0, 0.1) is 19.7 Å². The van der Waals surface area contributed by atoms with E-state index in [9.17, 15) is 9.18 Å². The maximum Gasteiger partial charge on any atom is 0.271 e. The van der Waals surface area contributed by atoms with Gasteiger partial charge in [0.25, 0.3) is 5.91 Å². The van der Waals surface area contributed by atoms with Crippen LogP contribution in [0.15, 0.2) is 47.6 Å². The van der Waals surface area contributed by atoms with Crippen molar-refractivity contribution in [2.75, 3.05) is 0 Å². The normalized spacial score (nSPS) is 11.3. The first-order chi connectivity index (χ1) is 9.97. The summed E-state index contributed by atoms with van der Waals surface area (Å²) in [7, 11) is 0. The highest BCUT2D eigenvalue weighted by molar-refractivity contribution is 6.00. The van der Waals surface area contributed by atoms with E-state index in [0.717, 1.165) is 16.7 Å². The molecule has 0 spiro atoms. The summed E-state index contributed by atoms with van der Waals surface area (Å²) < 4.78 is 12.8. The number of nitrogens with zero attached hydrogens (tertiary/aromatic N) is 1. The van der Waals surface area contributed by atoms with Gasteiger partial charge in [-0.3, -0.25) is 4.79 Å². The second kappa shape index (κ2) is 6.31. The van der Waals surface area contributed by atoms with Gasteiger partial charge in [0.15, 0.2) is 0 Å². The highest BCUT2D eigenvalue weighted by atomic mass is 19.1. The quantitative estimate of drug-likeness (QED) is 0.679. The predicted molar refractivity (Wildman–Crippen MR) is 82.0 cm³/mol. The minimum absolute atomic E-state index is 0.264. The number of carbonyl (C=O) groups is 1. The molecule has 0 saturated heterocycles. The van der Waals surface area contributed by atoms with Gasteiger partial charge in [0.1, 0.15) is 5.82 Å². The highest BCUT2D eigenvalue weighted by Gasteiger charge is 2.06. The Kier molecular flexibility index (Phi) is 4.48. The molecule has 0 bridgehead atoms. The predicted octanol–water partition coefficient (Wildman–Crippen LogP) is 3.60. The lowest BCUT2D eigenvalue weighted by atomic mass is 10.1. The molecule has 2 aromatic rings. The molecular weight excluding hydrogens is 267 g/mol. The zero-order valence-corrected chi connectivity index (χ0v) is 12.3. The van der Waals surface area contributed by atoms with E-state index in [-0.39, 0.29) is 11.7 Å². The van der Waals surface area contributed by atoms with Crippen molar-refractivity contribution in [3.8, 4) is 0 Å². The standard InChI is InChI=1S/C17H17FN2O/c1-11-4-5-15(10-12(11)2)17(21)20-19-13(3)14-6-8-16(18)9-7-14/h4-10H,1-3H3,(H,20,21). The van der Waals surface area contributed by atoms with Crippen LogP contribution in [-0.2, 0) is 0 Å². The lowest BCUT2D eigenvalue weighted by molar-refractivity contribution is 0.0954. The van der Waals surface area contributed by atoms with Gasteiger partial charge in [0.05, 0.1) is 5.71 Å². The fraction of sp³-hybridized carbons (Fsp3) is 0.176. The summed E-state index contributed by atoms with van der Waals surface area (Å²) in [5.74, 6) is -0.565. The van der Waals surface area contributed by atoms with Crippen molar-refractivity contribution < 1.29 is 9.18 Å². The molecule has 0 heterocycles. The van der Waals surface area contributed by atoms with Crippen LogP contribution in [0.5, 0.6) is 0 Å². The van der Waals surface area contributed by atoms with Gasteiger partial charge in [-0.1, -0.05) is 18.2 Å². The van der Waals surface area contributed by atoms with Gasteiger partial charge in [0.2, 0.25) is 0 Å². The monoisotopic (exact) mass is 284 g/mol. The van der Waals surface area contributed by atoms with Crippen molar-refractivity contribution in [1.82, 2.24) is 5.43 Å². The smallest absolute Gasteiger partial charge is 0.267 e. The molecule has 0 radical (unpaired) electrons. The van der Waals surface area contributed by atoms with Crippen LogP contribution in [0.2, 0.25) is 0 Å². The van der Waals surface area contributed by atoms with Crippen LogP contribution in [-0.4, -0.2) is 11.6 Å². The Morgan fingerprint density at radius 2 is 1.62 bits per heavy atom. The Balaban J connectivity index is 2.10. The number of rotatable bonds is 3. The Labute approximate surface area is 123 Å². The molecule has 0 aliphatic carbocycles. The molecule has 0 atom stereocenters. The molecule has 1 N–H and O–H groups in total. The van der Waals surface area contributed by atoms with E-state index in [1.807, 2.05) is 26.0 Å². The first kappa shape index (κ1) is 14.9. The Bertz CT molecular complexity index is 690. The second-order valence-electron chi connectivity index (χ2n) is 4.94. The van der Waals surface area contributed by atoms with Gasteiger partial charge in [-0.15, -0.1) is 0 Å². The maximum absolute atomic E-state index is 12.8. The van der Waals surface area contributed by atoms with E-state index in [4.69, 9.17) is 0 Å². The average Bonchev–Trinajstić information content (AvgIpc) is 2.48. The number of aryl methyl sites for hydroxylation is 2. The molecule has 3 nitrogen and oxygen atoms in total. The Morgan fingerprint density at radius 3 is 2.24 bits per heavy atom. The third kappa shape index (κ3) is 3.75. The minimum atomic E-state index is -0.300. The van der Waals surface area contributed by atoms with Crippen molar-refractivity contribution >= 4 is 11.6 Å². The first-order valence-electron chi connectivity index (χ1n) is 6.65. The van der Waals surface area contributed by atoms with Gasteiger partial charge < -0.3 is 0 Å². The summed E-state index contributed by atoms with van der Waals surface area (Å²) in [6.45, 7) is 5.71. The maximum atomic E-state index is 12.8. The summed E-state index contributed by atoms with van der Waals surface area (Å²) in [4.78, 5) is 12.0. The van der Waals surface area contributed by atoms with E-state index in [1.54, 1.807) is 25.1 Å². The topological polar surface area (TPSA) is 41.5 Å². The van der Waals surface area contributed by atoms with E-state index in [2.05, 4.69) is 10.5 Å². The molecule has 1 amide bonds. The van der Waals surface area contributed by atoms with Gasteiger partial charge in [-0.2, -0.15) is 5.10 Å². The molecular formula is C17H17FN2O. The van der Waals surface area contributed by atoms with Gasteiger partial charge in [-0.25, -0.2) is 9.82 Å². The number of benzene rings is 2. The molecule has 0 unspecified atom stereocenters. The highest BCUT2D eigenvalue weighted by Crippen LogP contribution is 2.10. The van der Waals surface area contributed by atoms with E-state index >= 15 is 0 Å². The lowest BCUT2D eigenvalue weighted by Gasteiger charge is -2.05. The van der Waals surface area contributed by atoms with Crippen molar-refractivity contribution in [3.63, 3.8) is 0 Å². The SMILES string of the molecule is CC(=NNC(=O)c1ccc(C)c(C)c1)c1ccc(F)cc1. The van der Waals surface area contributed by atoms with Crippen LogP contribution in [0.3, 0.4) is 0 Å². The third-order valence-corrected chi connectivity index (χ3v) is 3.36. The van der Waals surface area contributed by atoms with Crippen LogP contribution in [0.25, 0.3) is 0 Å². The number of nitrogens with one attached hydrogen (secondary N) is 1. The first-order valence-corrected chi connectivity index (χ1v) is 6.65. The Morgan fingerprint density at radius 1 is 1.00 bits per heavy atom. The summed E-state index contributed by atoms with van der Waals surface area (Å²) in [5.41, 5.74) is 6.65. The summed E-state index contributed by atoms with van der Waals surface area (Å²) in [6.07, 6.45) is 0. The molecule has 0 aliphatic heterocycles. The number of carbonyl (C=O) groups excluding carboxylic acids is 1. The minimum Gasteiger partial charge on any atom is -0.267 e. The summed E-state index contributed by atoms with van der Waals surface area (Å²) in [6, 6.07) is 11.5. The van der Waals surface area contributed by atoms with Gasteiger partial charge in [0, 0.05) is 5.56 Å². The van der Waals surface area contributed by atoms with Gasteiger partial charge in [-0.05, 0) is 61.7 Å². The molecule has 21 heavy (non-hydrogen) atoms. The van der Waals surface area contributed by atoms with Crippen molar-refractivity contribution in [3.05, 3.63) is 70.5 Å². The fourth-order valence-electron chi connectivity index (χ4n) is 1.84. The van der Waals surface area contributed by atoms with Gasteiger partial charge >= 0.3 is 0 Å². The van der Waals surface area contributed by atoms with E-state index < -0.39 is 0 Å². The van der Waals surface area contributed by atoms with Crippen molar-refractivity contribution in [1.29, 1.82) is 0 Å². The van der Waals surface area contributed by atoms with Crippen molar-refractivity contribution in [2.45, 2.75) is 20.8 Å². The molecule has 0 aliphatic rings. The molecule has 0 saturated carbocycles. The lowest BCUT2D eigenvalue weighted by Crippen LogP contribution is -2.19. The zero-order chi connectivity index (χ0) is 15.4. The number of hydrogen-bond donors (Lipinski definition) is 1. The molecule has 2 aromatic carbocycles.